The van der Waals surface area contributed by atoms with Crippen LogP contribution >= 0.6 is 45.3 Å². The molecule has 0 saturated heterocycles. The normalized spacial score (nSPS) is 11.6. The molecule has 30 aromatic rings. The van der Waals surface area contributed by atoms with Gasteiger partial charge in [0.25, 0.3) is 0 Å². The number of nitrogens with zero attached hydrogens (tertiary/aromatic N) is 9. The molecule has 21 aromatic carbocycles. The first-order valence-corrected chi connectivity index (χ1v) is 53.1. The van der Waals surface area contributed by atoms with Crippen molar-refractivity contribution >= 4 is 170 Å². The third-order valence-corrected chi connectivity index (χ3v) is 33.2. The number of benzene rings is 21. The first kappa shape index (κ1) is 88.8. The van der Waals surface area contributed by atoms with Crippen LogP contribution in [0, 0.1) is 0 Å². The minimum absolute atomic E-state index is 0.573. The average molecular weight is 1990 g/mol. The number of furan rings is 2. The van der Waals surface area contributed by atoms with Crippen LogP contribution in [-0.2, 0) is 0 Å². The van der Waals surface area contributed by atoms with Crippen LogP contribution in [0.5, 0.6) is 0 Å². The Morgan fingerprint density at radius 1 is 0.107 bits per heavy atom. The molecule has 0 saturated carbocycles. The van der Waals surface area contributed by atoms with Crippen LogP contribution < -0.4 is 0 Å². The molecule has 0 aliphatic carbocycles. The second-order valence-electron chi connectivity index (χ2n) is 37.0. The van der Waals surface area contributed by atoms with E-state index in [-0.39, 0.29) is 0 Å². The predicted molar refractivity (Wildman–Crippen MR) is 627 cm³/mol. The number of aromatic nitrogens is 9. The summed E-state index contributed by atoms with van der Waals surface area (Å²) in [7, 11) is 0. The lowest BCUT2D eigenvalue weighted by Gasteiger charge is -2.09. The number of fused-ring (bicyclic) bond motifs is 18. The highest BCUT2D eigenvalue weighted by Crippen LogP contribution is 2.53. The Morgan fingerprint density at radius 2 is 0.260 bits per heavy atom. The molecule has 0 unspecified atom stereocenters. The van der Waals surface area contributed by atoms with Crippen molar-refractivity contribution in [2.24, 2.45) is 0 Å². The molecule has 15 heteroatoms. The molecule has 0 fully saturated rings. The lowest BCUT2D eigenvalue weighted by molar-refractivity contribution is 0.670. The van der Waals surface area contributed by atoms with E-state index in [1.54, 1.807) is 11.3 Å². The van der Waals surface area contributed by atoms with E-state index in [1.807, 2.05) is 204 Å². The van der Waals surface area contributed by atoms with Gasteiger partial charge in [-0.3, -0.25) is 0 Å². The molecule has 702 valence electrons. The molecule has 0 N–H and O–H groups in total. The molecule has 0 bridgehead atoms. The molecular formula is C135H81N9O2S4. The molecule has 9 aromatic heterocycles. The Balaban J connectivity index is 0.000000108. The van der Waals surface area contributed by atoms with E-state index in [9.17, 15) is 0 Å². The maximum atomic E-state index is 6.93. The van der Waals surface area contributed by atoms with Gasteiger partial charge < -0.3 is 8.83 Å². The van der Waals surface area contributed by atoms with E-state index < -0.39 is 0 Å². The number of hydrogen-bond donors (Lipinski definition) is 0. The summed E-state index contributed by atoms with van der Waals surface area (Å²) in [6, 6.07) is 171. The number of hydrogen-bond acceptors (Lipinski definition) is 15. The van der Waals surface area contributed by atoms with Gasteiger partial charge in [0.15, 0.2) is 52.4 Å². The van der Waals surface area contributed by atoms with Gasteiger partial charge in [0, 0.05) is 186 Å². The Kier molecular flexibility index (Phi) is 22.5. The van der Waals surface area contributed by atoms with Crippen molar-refractivity contribution in [3.05, 3.63) is 491 Å². The fourth-order valence-corrected chi connectivity index (χ4v) is 26.4. The van der Waals surface area contributed by atoms with E-state index in [4.69, 9.17) is 53.7 Å². The highest BCUT2D eigenvalue weighted by molar-refractivity contribution is 7.28. The third-order valence-electron chi connectivity index (χ3n) is 28.1. The van der Waals surface area contributed by atoms with Gasteiger partial charge in [-0.2, -0.15) is 0 Å². The number of para-hydroxylation sites is 4. The van der Waals surface area contributed by atoms with Gasteiger partial charge in [-0.05, 0) is 46.0 Å². The fraction of sp³-hybridized carbons (Fsp3) is 0. The van der Waals surface area contributed by atoms with Crippen LogP contribution in [0.3, 0.4) is 0 Å². The minimum atomic E-state index is 0.573. The van der Waals surface area contributed by atoms with Crippen molar-refractivity contribution in [1.82, 2.24) is 44.9 Å². The van der Waals surface area contributed by atoms with Gasteiger partial charge in [-0.1, -0.05) is 473 Å². The molecule has 0 atom stereocenters. The second kappa shape index (κ2) is 37.9. The van der Waals surface area contributed by atoms with E-state index in [2.05, 4.69) is 322 Å². The summed E-state index contributed by atoms with van der Waals surface area (Å²) < 4.78 is 23.7. The molecule has 0 spiro atoms. The lowest BCUT2D eigenvalue weighted by atomic mass is 9.99. The lowest BCUT2D eigenvalue weighted by Crippen LogP contribution is -2.00. The molecule has 0 aliphatic heterocycles. The monoisotopic (exact) mass is 1990 g/mol. The largest absolute Gasteiger partial charge is 0.455 e. The highest BCUT2D eigenvalue weighted by atomic mass is 32.1. The summed E-state index contributed by atoms with van der Waals surface area (Å²) >= 11 is 7.36. The van der Waals surface area contributed by atoms with Gasteiger partial charge in [0.2, 0.25) is 0 Å². The first-order valence-electron chi connectivity index (χ1n) is 49.8. The van der Waals surface area contributed by atoms with Crippen molar-refractivity contribution < 1.29 is 8.83 Å². The zero-order valence-corrected chi connectivity index (χ0v) is 83.5. The smallest absolute Gasteiger partial charge is 0.167 e. The average Bonchev–Trinajstić information content (AvgIpc) is 1.58. The summed E-state index contributed by atoms with van der Waals surface area (Å²) in [4.78, 5) is 45.1. The minimum Gasteiger partial charge on any atom is -0.455 e. The Hall–Kier alpha value is -18.9. The van der Waals surface area contributed by atoms with Crippen LogP contribution in [0.4, 0.5) is 0 Å². The third kappa shape index (κ3) is 15.9. The zero-order chi connectivity index (χ0) is 99.1. The van der Waals surface area contributed by atoms with Crippen LogP contribution in [-0.4, -0.2) is 44.9 Å². The van der Waals surface area contributed by atoms with Crippen molar-refractivity contribution in [1.29, 1.82) is 0 Å². The van der Waals surface area contributed by atoms with Crippen LogP contribution in [0.1, 0.15) is 0 Å². The van der Waals surface area contributed by atoms with Gasteiger partial charge in [0.05, 0.1) is 5.56 Å². The molecule has 0 amide bonds. The molecule has 0 radical (unpaired) electrons. The predicted octanol–water partition coefficient (Wildman–Crippen LogP) is 37.9. The molecule has 0 aliphatic rings. The summed E-state index contributed by atoms with van der Waals surface area (Å²) in [5.41, 5.74) is 26.1. The maximum Gasteiger partial charge on any atom is 0.167 e. The Labute approximate surface area is 877 Å². The number of rotatable bonds is 15. The Bertz CT molecular complexity index is 9350. The summed E-state index contributed by atoms with van der Waals surface area (Å²) in [6.07, 6.45) is 0. The maximum absolute atomic E-state index is 6.93. The Morgan fingerprint density at radius 3 is 0.513 bits per heavy atom. The quantitative estimate of drug-likeness (QED) is 0.0968. The van der Waals surface area contributed by atoms with E-state index in [1.165, 1.54) is 109 Å². The van der Waals surface area contributed by atoms with Gasteiger partial charge in [-0.25, -0.2) is 44.9 Å². The highest BCUT2D eigenvalue weighted by Gasteiger charge is 2.28. The van der Waals surface area contributed by atoms with Crippen molar-refractivity contribution in [2.75, 3.05) is 0 Å². The molecule has 30 rings (SSSR count). The van der Waals surface area contributed by atoms with Gasteiger partial charge in [0.1, 0.15) is 22.3 Å². The SMILES string of the molecule is c1ccc(-c2nc(-c3ccccc3)nc(-c3cccc4c3oc3c(-c5cccc6c5sc5c(-c7ccccc7)cccc56)cccc34)n2)cc1.c1ccc(-c2nc(-c3ccccc3)nc(-c3cccc4c3sc3c(-c5cccc6c5oc5c(-c7ccccc7)cccc56)cccc34)n2)cc1.c1ccc(-c2nc(-c3ccccc3)nc(-c3cccc4c3sc3c(-c5cccc6c5sc5c(-c7ccccc7)cccc56)cccc34)n2)cc1. The summed E-state index contributed by atoms with van der Waals surface area (Å²) in [6.45, 7) is 0. The second-order valence-corrected chi connectivity index (χ2v) is 41.1. The van der Waals surface area contributed by atoms with Crippen LogP contribution in [0.2, 0.25) is 0 Å². The van der Waals surface area contributed by atoms with Crippen molar-refractivity contribution in [3.63, 3.8) is 0 Å². The summed E-state index contributed by atoms with van der Waals surface area (Å²) in [5.74, 6) is 5.78. The van der Waals surface area contributed by atoms with E-state index >= 15 is 0 Å². The van der Waals surface area contributed by atoms with Crippen molar-refractivity contribution in [3.8, 4) is 169 Å². The van der Waals surface area contributed by atoms with E-state index in [0.29, 0.717) is 52.4 Å². The number of thiophene rings is 4. The first-order chi connectivity index (χ1) is 74.4. The topological polar surface area (TPSA) is 142 Å². The molecule has 9 heterocycles. The standard InChI is InChI=1S/2C45H27N3OS.C45H27N3S2/c1-4-14-28(15-5-1)31-20-10-25-36-37-26-13-24-35(42(37)50-41(31)36)34-23-11-21-32-33-22-12-27-38(40(33)49-39(32)34)45-47-43(29-16-6-2-7-17-29)46-44(48-45)30-18-8-3-9-19-30;2*1-4-14-28(15-5-1)31-20-10-21-32-33-22-11-23-34(40(33)49-39(31)32)35-24-12-25-36-37-26-13-27-38(42(37)50-41(35)36)45-47-43(29-16-6-2-7-17-29)46-44(48-45)30-18-8-3-9-19-30/h3*1-27H. The summed E-state index contributed by atoms with van der Waals surface area (Å²) in [5, 5.41) is 14.3. The molecular weight excluding hydrogens is 1910 g/mol. The van der Waals surface area contributed by atoms with Gasteiger partial charge >= 0.3 is 0 Å². The fourth-order valence-electron chi connectivity index (χ4n) is 21.0. The molecule has 150 heavy (non-hydrogen) atoms. The van der Waals surface area contributed by atoms with Gasteiger partial charge in [-0.15, -0.1) is 45.3 Å². The van der Waals surface area contributed by atoms with Crippen molar-refractivity contribution in [2.45, 2.75) is 0 Å². The van der Waals surface area contributed by atoms with Crippen LogP contribution in [0.25, 0.3) is 294 Å². The molecule has 11 nitrogen and oxygen atoms in total. The zero-order valence-electron chi connectivity index (χ0n) is 80.2. The van der Waals surface area contributed by atoms with E-state index in [0.717, 1.165) is 132 Å². The van der Waals surface area contributed by atoms with Crippen LogP contribution in [0.15, 0.2) is 500 Å².